The molecule has 0 spiro atoms. The number of hydrogen-bond acceptors (Lipinski definition) is 1. The summed E-state index contributed by atoms with van der Waals surface area (Å²) < 4.78 is 0. The molecule has 1 nitrogen and oxygen atoms in total. The Kier molecular flexibility index (Phi) is 6.00. The van der Waals surface area contributed by atoms with E-state index in [0.29, 0.717) is 5.92 Å². The first-order valence-electron chi connectivity index (χ1n) is 14.6. The number of aromatic nitrogens is 1. The first-order valence-corrected chi connectivity index (χ1v) is 14.6. The molecule has 1 aromatic heterocycles. The monoisotopic (exact) mass is 535 g/mol. The quantitative estimate of drug-likeness (QED) is 0.219. The van der Waals surface area contributed by atoms with Gasteiger partial charge in [-0.1, -0.05) is 115 Å². The first kappa shape index (κ1) is 24.5. The molecule has 0 bridgehead atoms. The molecule has 0 aliphatic heterocycles. The Bertz CT molecular complexity index is 2030. The van der Waals surface area contributed by atoms with Crippen molar-refractivity contribution < 1.29 is 0 Å². The maximum Gasteiger partial charge on any atom is 0.0346 e. The number of pyridine rings is 1. The van der Waals surface area contributed by atoms with Crippen molar-refractivity contribution in [3.63, 3.8) is 0 Å². The molecule has 198 valence electrons. The molecule has 0 fully saturated rings. The molecule has 5 aromatic carbocycles. The van der Waals surface area contributed by atoms with Gasteiger partial charge in [-0.05, 0) is 109 Å². The zero-order chi connectivity index (χ0) is 27.9. The molecule has 2 aliphatic carbocycles. The van der Waals surface area contributed by atoms with Gasteiger partial charge in [-0.3, -0.25) is 4.98 Å². The fourth-order valence-electron chi connectivity index (χ4n) is 6.59. The lowest BCUT2D eigenvalue weighted by molar-refractivity contribution is 0.814. The molecule has 0 saturated carbocycles. The molecule has 42 heavy (non-hydrogen) atoms. The highest BCUT2D eigenvalue weighted by molar-refractivity contribution is 5.97. The molecule has 0 N–H and O–H groups in total. The van der Waals surface area contributed by atoms with Crippen LogP contribution in [0, 0.1) is 0 Å². The molecule has 8 rings (SSSR count). The number of nitrogens with zero attached hydrogens (tertiary/aromatic N) is 1. The van der Waals surface area contributed by atoms with Crippen molar-refractivity contribution in [1.82, 2.24) is 4.98 Å². The zero-order valence-corrected chi connectivity index (χ0v) is 23.2. The predicted octanol–water partition coefficient (Wildman–Crippen LogP) is 10.5. The minimum atomic E-state index is 0.323. The molecule has 1 unspecified atom stereocenters. The molecule has 0 saturated heterocycles. The van der Waals surface area contributed by atoms with Gasteiger partial charge in [0.25, 0.3) is 0 Å². The first-order chi connectivity index (χ1) is 20.8. The summed E-state index contributed by atoms with van der Waals surface area (Å²) in [5, 5.41) is 2.58. The number of allylic oxidation sites excluding steroid dienone is 5. The van der Waals surface area contributed by atoms with Crippen LogP contribution >= 0.6 is 0 Å². The summed E-state index contributed by atoms with van der Waals surface area (Å²) in [6.45, 7) is 0. The van der Waals surface area contributed by atoms with Gasteiger partial charge in [-0.25, -0.2) is 0 Å². The van der Waals surface area contributed by atoms with E-state index < -0.39 is 0 Å². The fraction of sp³-hybridized carbons (Fsp3) is 0.0488. The number of fused-ring (bicyclic) bond motifs is 4. The summed E-state index contributed by atoms with van der Waals surface area (Å²) in [6.07, 6.45) is 11.9. The highest BCUT2D eigenvalue weighted by Gasteiger charge is 2.29. The second-order valence-electron chi connectivity index (χ2n) is 11.2. The summed E-state index contributed by atoms with van der Waals surface area (Å²) in [5.74, 6) is 0.323. The van der Waals surface area contributed by atoms with Crippen molar-refractivity contribution in [3.8, 4) is 22.3 Å². The van der Waals surface area contributed by atoms with Crippen LogP contribution in [0.4, 0.5) is 0 Å². The normalized spacial score (nSPS) is 15.7. The van der Waals surface area contributed by atoms with E-state index in [1.54, 1.807) is 0 Å². The third-order valence-electron chi connectivity index (χ3n) is 8.70. The Hall–Kier alpha value is -5.27. The molecule has 2 aliphatic rings. The van der Waals surface area contributed by atoms with Gasteiger partial charge < -0.3 is 0 Å². The van der Waals surface area contributed by atoms with Crippen molar-refractivity contribution >= 4 is 21.9 Å². The van der Waals surface area contributed by atoms with Gasteiger partial charge in [0.1, 0.15) is 0 Å². The maximum absolute atomic E-state index is 4.32. The number of benzene rings is 5. The van der Waals surface area contributed by atoms with Crippen LogP contribution in [0.25, 0.3) is 44.2 Å². The lowest BCUT2D eigenvalue weighted by Crippen LogP contribution is -2.14. The molecule has 1 atom stereocenters. The van der Waals surface area contributed by atoms with Crippen LogP contribution in [0.2, 0.25) is 0 Å². The largest absolute Gasteiger partial charge is 0.264 e. The third-order valence-corrected chi connectivity index (χ3v) is 8.70. The van der Waals surface area contributed by atoms with Crippen LogP contribution in [-0.4, -0.2) is 4.98 Å². The standard InChI is InChI=1S/C41H29N/c1-2-9-28(10-3-1)31-13-6-14-34(23-31)36-16-7-17-37-39-24-32-11-4-5-12-33(32)25-40(39)38(26-41(36)37)30-20-18-29(19-21-30)35-15-8-22-42-27-35/h1-16,18-27,37H,17H2. The number of rotatable bonds is 4. The van der Waals surface area contributed by atoms with E-state index in [9.17, 15) is 0 Å². The Morgan fingerprint density at radius 1 is 0.548 bits per heavy atom. The van der Waals surface area contributed by atoms with Gasteiger partial charge in [0.2, 0.25) is 0 Å². The summed E-state index contributed by atoms with van der Waals surface area (Å²) in [7, 11) is 0. The molecule has 6 aromatic rings. The summed E-state index contributed by atoms with van der Waals surface area (Å²) in [4.78, 5) is 4.32. The minimum Gasteiger partial charge on any atom is -0.264 e. The lowest BCUT2D eigenvalue weighted by Gasteiger charge is -2.32. The Balaban J connectivity index is 1.32. The minimum absolute atomic E-state index is 0.323. The van der Waals surface area contributed by atoms with Crippen molar-refractivity contribution in [3.05, 3.63) is 186 Å². The van der Waals surface area contributed by atoms with Gasteiger partial charge in [-0.2, -0.15) is 0 Å². The van der Waals surface area contributed by atoms with Crippen LogP contribution in [0.1, 0.15) is 34.6 Å². The molecular formula is C41H29N. The second-order valence-corrected chi connectivity index (χ2v) is 11.2. The van der Waals surface area contributed by atoms with E-state index in [1.165, 1.54) is 66.4 Å². The molecule has 0 radical (unpaired) electrons. The van der Waals surface area contributed by atoms with Crippen LogP contribution in [0.15, 0.2) is 164 Å². The van der Waals surface area contributed by atoms with Crippen molar-refractivity contribution in [2.75, 3.05) is 0 Å². The van der Waals surface area contributed by atoms with Crippen LogP contribution in [-0.2, 0) is 0 Å². The molecule has 0 amide bonds. The number of hydrogen-bond donors (Lipinski definition) is 0. The average molecular weight is 536 g/mol. The smallest absolute Gasteiger partial charge is 0.0346 e. The van der Waals surface area contributed by atoms with Crippen LogP contribution in [0.5, 0.6) is 0 Å². The maximum atomic E-state index is 4.32. The fourth-order valence-corrected chi connectivity index (χ4v) is 6.59. The highest BCUT2D eigenvalue weighted by Crippen LogP contribution is 2.48. The van der Waals surface area contributed by atoms with Gasteiger partial charge in [0, 0.05) is 18.3 Å². The van der Waals surface area contributed by atoms with Gasteiger partial charge in [0.15, 0.2) is 0 Å². The predicted molar refractivity (Wildman–Crippen MR) is 176 cm³/mol. The van der Waals surface area contributed by atoms with E-state index >= 15 is 0 Å². The Morgan fingerprint density at radius 3 is 2.05 bits per heavy atom. The second kappa shape index (κ2) is 10.3. The molecule has 1 heterocycles. The topological polar surface area (TPSA) is 12.9 Å². The summed E-state index contributed by atoms with van der Waals surface area (Å²) in [5.41, 5.74) is 14.0. The van der Waals surface area contributed by atoms with Crippen LogP contribution in [0.3, 0.4) is 0 Å². The van der Waals surface area contributed by atoms with E-state index in [2.05, 4.69) is 145 Å². The summed E-state index contributed by atoms with van der Waals surface area (Å²) >= 11 is 0. The SMILES string of the molecule is C1=CC(c2cccc(-c3ccccc3)c2)=C2C=C(c3ccc(-c4cccnc4)cc3)c3cc4ccccc4cc3C2C1. The van der Waals surface area contributed by atoms with E-state index in [-0.39, 0.29) is 0 Å². The van der Waals surface area contributed by atoms with Crippen molar-refractivity contribution in [2.45, 2.75) is 12.3 Å². The summed E-state index contributed by atoms with van der Waals surface area (Å²) in [6, 6.07) is 46.3. The third kappa shape index (κ3) is 4.31. The Morgan fingerprint density at radius 2 is 1.24 bits per heavy atom. The zero-order valence-electron chi connectivity index (χ0n) is 23.2. The van der Waals surface area contributed by atoms with Crippen molar-refractivity contribution in [1.29, 1.82) is 0 Å². The Labute approximate surface area is 246 Å². The van der Waals surface area contributed by atoms with Crippen LogP contribution < -0.4 is 0 Å². The van der Waals surface area contributed by atoms with E-state index in [1.807, 2.05) is 18.5 Å². The van der Waals surface area contributed by atoms with E-state index in [0.717, 1.165) is 12.0 Å². The lowest BCUT2D eigenvalue weighted by atomic mass is 9.71. The van der Waals surface area contributed by atoms with Gasteiger partial charge in [-0.15, -0.1) is 0 Å². The average Bonchev–Trinajstić information content (AvgIpc) is 3.08. The molecule has 1 heteroatoms. The molecular weight excluding hydrogens is 506 g/mol. The van der Waals surface area contributed by atoms with Gasteiger partial charge >= 0.3 is 0 Å². The van der Waals surface area contributed by atoms with Gasteiger partial charge in [0.05, 0.1) is 0 Å². The van der Waals surface area contributed by atoms with E-state index in [4.69, 9.17) is 0 Å². The van der Waals surface area contributed by atoms with Crippen molar-refractivity contribution in [2.24, 2.45) is 0 Å². The highest BCUT2D eigenvalue weighted by atomic mass is 14.6.